The lowest BCUT2D eigenvalue weighted by atomic mass is 10.1. The van der Waals surface area contributed by atoms with E-state index >= 15 is 0 Å². The summed E-state index contributed by atoms with van der Waals surface area (Å²) in [5.41, 5.74) is -2.36. The summed E-state index contributed by atoms with van der Waals surface area (Å²) < 4.78 is 2.10. The highest BCUT2D eigenvalue weighted by molar-refractivity contribution is 5.69. The predicted octanol–water partition coefficient (Wildman–Crippen LogP) is -3.34. The molecule has 0 fully saturated rings. The van der Waals surface area contributed by atoms with Crippen LogP contribution in [0.2, 0.25) is 0 Å². The highest BCUT2D eigenvalue weighted by Gasteiger charge is 2.27. The molecule has 0 radical (unpaired) electrons. The molecule has 0 aliphatic carbocycles. The maximum atomic E-state index is 12.5. The summed E-state index contributed by atoms with van der Waals surface area (Å²) in [5.74, 6) is 0. The summed E-state index contributed by atoms with van der Waals surface area (Å²) in [6.07, 6.45) is -4.36. The van der Waals surface area contributed by atoms with Gasteiger partial charge in [-0.1, -0.05) is 6.92 Å². The second kappa shape index (κ2) is 7.13. The maximum absolute atomic E-state index is 12.5. The Hall–Kier alpha value is -2.21. The smallest absolute Gasteiger partial charge is 0.330 e. The molecule has 0 amide bonds. The van der Waals surface area contributed by atoms with Gasteiger partial charge in [-0.15, -0.1) is 0 Å². The van der Waals surface area contributed by atoms with E-state index in [-0.39, 0.29) is 17.7 Å². The van der Waals surface area contributed by atoms with Crippen LogP contribution >= 0.6 is 0 Å². The average Bonchev–Trinajstić information content (AvgIpc) is 2.79. The van der Waals surface area contributed by atoms with Gasteiger partial charge in [0.05, 0.1) is 13.2 Å². The van der Waals surface area contributed by atoms with E-state index in [0.717, 1.165) is 9.13 Å². The Bertz CT molecular complexity index is 877. The van der Waals surface area contributed by atoms with Gasteiger partial charge in [-0.05, 0) is 6.42 Å². The number of aromatic amines is 2. The minimum Gasteiger partial charge on any atom is -0.394 e. The molecule has 2 aromatic rings. The third-order valence-corrected chi connectivity index (χ3v) is 3.69. The first-order valence-electron chi connectivity index (χ1n) is 7.42. The maximum Gasteiger partial charge on any atom is 0.330 e. The van der Waals surface area contributed by atoms with Crippen LogP contribution in [0.15, 0.2) is 14.4 Å². The van der Waals surface area contributed by atoms with E-state index in [0.29, 0.717) is 6.42 Å². The highest BCUT2D eigenvalue weighted by atomic mass is 16.4. The summed E-state index contributed by atoms with van der Waals surface area (Å²) in [5, 5.41) is 37.9. The van der Waals surface area contributed by atoms with Crippen LogP contribution in [0.5, 0.6) is 0 Å². The van der Waals surface area contributed by atoms with E-state index in [9.17, 15) is 29.7 Å². The van der Waals surface area contributed by atoms with Crippen molar-refractivity contribution in [3.05, 3.63) is 31.3 Å². The number of nitrogens with one attached hydrogen (secondary N) is 2. The predicted molar refractivity (Wildman–Crippen MR) is 82.8 cm³/mol. The fourth-order valence-corrected chi connectivity index (χ4v) is 2.51. The standard InChI is InChI=1S/C13H20N4O7/c1-2-3-16-8-10(14-12(23)15-11(8)22)17(13(16)24)4-6(19)9(21)7(20)5-18/h6-7,9,18-21H,2-5H2,1H3,(H2,14,15,22,23). The van der Waals surface area contributed by atoms with E-state index in [1.165, 1.54) is 0 Å². The first kappa shape index (κ1) is 18.1. The number of H-pyrrole nitrogens is 2. The lowest BCUT2D eigenvalue weighted by Gasteiger charge is -2.21. The van der Waals surface area contributed by atoms with Crippen LogP contribution in [0, 0.1) is 0 Å². The summed E-state index contributed by atoms with van der Waals surface area (Å²) in [4.78, 5) is 40.3. The molecular weight excluding hydrogens is 324 g/mol. The molecule has 11 heteroatoms. The van der Waals surface area contributed by atoms with Crippen LogP contribution in [-0.4, -0.2) is 64.4 Å². The summed E-state index contributed by atoms with van der Waals surface area (Å²) >= 11 is 0. The highest BCUT2D eigenvalue weighted by Crippen LogP contribution is 2.08. The summed E-state index contributed by atoms with van der Waals surface area (Å²) in [7, 11) is 0. The fraction of sp³-hybridized carbons (Fsp3) is 0.615. The lowest BCUT2D eigenvalue weighted by molar-refractivity contribution is -0.0806. The van der Waals surface area contributed by atoms with Gasteiger partial charge in [0.15, 0.2) is 5.52 Å². The monoisotopic (exact) mass is 344 g/mol. The SMILES string of the molecule is CCCn1c(=O)n(CC(O)C(O)C(O)CO)c2[nH]c(=O)[nH]c(=O)c21. The molecule has 0 saturated heterocycles. The molecule has 0 bridgehead atoms. The number of hydrogen-bond acceptors (Lipinski definition) is 7. The van der Waals surface area contributed by atoms with Crippen molar-refractivity contribution in [1.29, 1.82) is 0 Å². The van der Waals surface area contributed by atoms with Gasteiger partial charge in [0, 0.05) is 6.54 Å². The summed E-state index contributed by atoms with van der Waals surface area (Å²) in [6, 6.07) is 0. The third kappa shape index (κ3) is 3.19. The van der Waals surface area contributed by atoms with Crippen molar-refractivity contribution < 1.29 is 20.4 Å². The Balaban J connectivity index is 2.58. The second-order valence-corrected chi connectivity index (χ2v) is 5.46. The minimum atomic E-state index is -1.71. The molecule has 134 valence electrons. The molecular formula is C13H20N4O7. The topological polar surface area (TPSA) is 174 Å². The molecule has 2 rings (SSSR count). The van der Waals surface area contributed by atoms with E-state index in [4.69, 9.17) is 5.11 Å². The number of hydrogen-bond donors (Lipinski definition) is 6. The van der Waals surface area contributed by atoms with E-state index in [2.05, 4.69) is 4.98 Å². The zero-order valence-electron chi connectivity index (χ0n) is 13.0. The number of aliphatic hydroxyl groups excluding tert-OH is 4. The van der Waals surface area contributed by atoms with E-state index < -0.39 is 48.4 Å². The van der Waals surface area contributed by atoms with Crippen molar-refractivity contribution >= 4 is 11.2 Å². The summed E-state index contributed by atoms with van der Waals surface area (Å²) in [6.45, 7) is 0.756. The first-order valence-corrected chi connectivity index (χ1v) is 7.42. The van der Waals surface area contributed by atoms with E-state index in [1.54, 1.807) is 6.92 Å². The number of imidazole rings is 1. The van der Waals surface area contributed by atoms with Gasteiger partial charge in [0.1, 0.15) is 24.0 Å². The van der Waals surface area contributed by atoms with Gasteiger partial charge in [0.2, 0.25) is 0 Å². The molecule has 24 heavy (non-hydrogen) atoms. The van der Waals surface area contributed by atoms with Crippen LogP contribution in [0.3, 0.4) is 0 Å². The normalized spacial score (nSPS) is 15.5. The van der Waals surface area contributed by atoms with Crippen molar-refractivity contribution in [2.45, 2.75) is 44.7 Å². The van der Waals surface area contributed by atoms with Crippen molar-refractivity contribution in [2.75, 3.05) is 6.61 Å². The largest absolute Gasteiger partial charge is 0.394 e. The molecule has 0 aromatic carbocycles. The van der Waals surface area contributed by atoms with Gasteiger partial charge < -0.3 is 20.4 Å². The number of fused-ring (bicyclic) bond motifs is 1. The molecule has 6 N–H and O–H groups in total. The van der Waals surface area contributed by atoms with Crippen LogP contribution in [0.4, 0.5) is 0 Å². The Kier molecular flexibility index (Phi) is 5.39. The van der Waals surface area contributed by atoms with Crippen molar-refractivity contribution in [3.8, 4) is 0 Å². The lowest BCUT2D eigenvalue weighted by Crippen LogP contribution is -2.43. The molecule has 2 aromatic heterocycles. The number of aliphatic hydroxyl groups is 4. The molecule has 11 nitrogen and oxygen atoms in total. The minimum absolute atomic E-state index is 0.0501. The first-order chi connectivity index (χ1) is 11.3. The average molecular weight is 344 g/mol. The number of nitrogens with zero attached hydrogens (tertiary/aromatic N) is 2. The Morgan fingerprint density at radius 3 is 2.29 bits per heavy atom. The molecule has 3 unspecified atom stereocenters. The molecule has 0 aliphatic heterocycles. The quantitative estimate of drug-likeness (QED) is 0.304. The Labute approximate surface area is 134 Å². The molecule has 2 heterocycles. The number of aryl methyl sites for hydroxylation is 1. The second-order valence-electron chi connectivity index (χ2n) is 5.46. The van der Waals surface area contributed by atoms with Crippen LogP contribution in [0.25, 0.3) is 11.2 Å². The zero-order chi connectivity index (χ0) is 18.0. The molecule has 0 saturated carbocycles. The van der Waals surface area contributed by atoms with Gasteiger partial charge in [0.25, 0.3) is 5.56 Å². The van der Waals surface area contributed by atoms with Crippen LogP contribution in [0.1, 0.15) is 13.3 Å². The van der Waals surface area contributed by atoms with Gasteiger partial charge in [-0.25, -0.2) is 9.59 Å². The van der Waals surface area contributed by atoms with Crippen LogP contribution in [-0.2, 0) is 13.1 Å². The molecule has 3 atom stereocenters. The van der Waals surface area contributed by atoms with Crippen molar-refractivity contribution in [2.24, 2.45) is 0 Å². The van der Waals surface area contributed by atoms with Gasteiger partial charge in [-0.2, -0.15) is 0 Å². The van der Waals surface area contributed by atoms with Gasteiger partial charge >= 0.3 is 11.4 Å². The third-order valence-electron chi connectivity index (χ3n) is 3.69. The fourth-order valence-electron chi connectivity index (χ4n) is 2.51. The Morgan fingerprint density at radius 1 is 1.04 bits per heavy atom. The van der Waals surface area contributed by atoms with Gasteiger partial charge in [-0.3, -0.25) is 23.9 Å². The van der Waals surface area contributed by atoms with Crippen molar-refractivity contribution in [1.82, 2.24) is 19.1 Å². The number of rotatable bonds is 7. The van der Waals surface area contributed by atoms with Crippen molar-refractivity contribution in [3.63, 3.8) is 0 Å². The molecule has 0 spiro atoms. The van der Waals surface area contributed by atoms with Crippen LogP contribution < -0.4 is 16.9 Å². The number of aromatic nitrogens is 4. The van der Waals surface area contributed by atoms with E-state index in [1.807, 2.05) is 4.98 Å². The zero-order valence-corrected chi connectivity index (χ0v) is 13.0. The Morgan fingerprint density at radius 2 is 1.71 bits per heavy atom. The molecule has 0 aliphatic rings.